The lowest BCUT2D eigenvalue weighted by Gasteiger charge is -2.17. The van der Waals surface area contributed by atoms with Crippen molar-refractivity contribution in [1.82, 2.24) is 19.4 Å². The van der Waals surface area contributed by atoms with Crippen LogP contribution in [0, 0.1) is 13.8 Å². The molecule has 1 amide bonds. The van der Waals surface area contributed by atoms with Gasteiger partial charge in [-0.1, -0.05) is 36.8 Å². The van der Waals surface area contributed by atoms with Crippen LogP contribution in [0.2, 0.25) is 0 Å². The number of nitrogens with one attached hydrogen (secondary N) is 1. The third-order valence-corrected chi connectivity index (χ3v) is 7.64. The number of hydrogen-bond acceptors (Lipinski definition) is 5. The van der Waals surface area contributed by atoms with E-state index in [1.54, 1.807) is 29.2 Å². The summed E-state index contributed by atoms with van der Waals surface area (Å²) in [6.45, 7) is 5.04. The van der Waals surface area contributed by atoms with Crippen LogP contribution in [0.1, 0.15) is 48.2 Å². The molecule has 3 aromatic rings. The van der Waals surface area contributed by atoms with Gasteiger partial charge in [0.25, 0.3) is 10.0 Å². The standard InChI is InChI=1S/C26H31N5O3S/c1-19-23(20(2)31(28-19)21-12-6-4-7-13-21)18-30(3)25(32)16-8-5-11-17-27-26-22-14-9-10-15-24(22)35(33,34)29-26/h4,6-7,9-10,12-15H,5,8,11,16-18H2,1-3H3,(H,27,29). The molecule has 0 atom stereocenters. The number of para-hydroxylation sites is 1. The predicted molar refractivity (Wildman–Crippen MR) is 136 cm³/mol. The molecule has 35 heavy (non-hydrogen) atoms. The van der Waals surface area contributed by atoms with Crippen LogP contribution >= 0.6 is 0 Å². The maximum absolute atomic E-state index is 12.7. The highest BCUT2D eigenvalue weighted by Crippen LogP contribution is 2.22. The molecule has 0 spiro atoms. The number of amides is 1. The minimum Gasteiger partial charge on any atom is -0.341 e. The minimum absolute atomic E-state index is 0.0973. The van der Waals surface area contributed by atoms with E-state index in [2.05, 4.69) is 14.8 Å². The first kappa shape index (κ1) is 24.7. The van der Waals surface area contributed by atoms with Crippen molar-refractivity contribution < 1.29 is 13.2 Å². The number of aliphatic imine (C=N–C) groups is 1. The Bertz CT molecular complexity index is 1350. The second-order valence-electron chi connectivity index (χ2n) is 8.79. The van der Waals surface area contributed by atoms with Gasteiger partial charge in [-0.05, 0) is 51.0 Å². The van der Waals surface area contributed by atoms with Crippen LogP contribution in [0.5, 0.6) is 0 Å². The summed E-state index contributed by atoms with van der Waals surface area (Å²) in [5.41, 5.74) is 4.65. The van der Waals surface area contributed by atoms with Crippen molar-refractivity contribution in [1.29, 1.82) is 0 Å². The van der Waals surface area contributed by atoms with Crippen molar-refractivity contribution in [3.8, 4) is 5.69 Å². The van der Waals surface area contributed by atoms with Gasteiger partial charge in [-0.2, -0.15) is 5.10 Å². The molecule has 0 bridgehead atoms. The first-order chi connectivity index (χ1) is 16.8. The summed E-state index contributed by atoms with van der Waals surface area (Å²) in [6, 6.07) is 16.8. The van der Waals surface area contributed by atoms with E-state index in [0.717, 1.165) is 41.9 Å². The Labute approximate surface area is 206 Å². The number of unbranched alkanes of at least 4 members (excludes halogenated alkanes) is 2. The predicted octanol–water partition coefficient (Wildman–Crippen LogP) is 3.75. The van der Waals surface area contributed by atoms with Crippen LogP contribution in [0.15, 0.2) is 64.5 Å². The van der Waals surface area contributed by atoms with Gasteiger partial charge in [-0.15, -0.1) is 0 Å². The maximum Gasteiger partial charge on any atom is 0.263 e. The highest BCUT2D eigenvalue weighted by molar-refractivity contribution is 7.90. The number of aryl methyl sites for hydroxylation is 1. The van der Waals surface area contributed by atoms with Crippen molar-refractivity contribution in [2.24, 2.45) is 4.99 Å². The number of hydrogen-bond donors (Lipinski definition) is 1. The van der Waals surface area contributed by atoms with Gasteiger partial charge >= 0.3 is 0 Å². The summed E-state index contributed by atoms with van der Waals surface area (Å²) in [5.74, 6) is 0.498. The Balaban J connectivity index is 1.24. The molecule has 9 heteroatoms. The number of aromatic nitrogens is 2. The average Bonchev–Trinajstić information content (AvgIpc) is 3.28. The van der Waals surface area contributed by atoms with E-state index >= 15 is 0 Å². The molecule has 0 saturated heterocycles. The Morgan fingerprint density at radius 1 is 1.03 bits per heavy atom. The Morgan fingerprint density at radius 3 is 2.51 bits per heavy atom. The zero-order chi connectivity index (χ0) is 25.0. The SMILES string of the molecule is Cc1nn(-c2ccccc2)c(C)c1CN(C)C(=O)CCCCCN=C1NS(=O)(=O)c2ccccc21. The Morgan fingerprint density at radius 2 is 1.74 bits per heavy atom. The number of carbonyl (C=O) groups excluding carboxylic acids is 1. The first-order valence-electron chi connectivity index (χ1n) is 11.8. The van der Waals surface area contributed by atoms with Gasteiger partial charge in [0.15, 0.2) is 0 Å². The topological polar surface area (TPSA) is 96.7 Å². The molecule has 1 aromatic heterocycles. The van der Waals surface area contributed by atoms with Gasteiger partial charge in [0.05, 0.1) is 16.3 Å². The van der Waals surface area contributed by atoms with E-state index in [-0.39, 0.29) is 10.8 Å². The van der Waals surface area contributed by atoms with Gasteiger partial charge in [-0.3, -0.25) is 14.5 Å². The molecule has 0 fully saturated rings. The largest absolute Gasteiger partial charge is 0.341 e. The molecule has 1 N–H and O–H groups in total. The zero-order valence-electron chi connectivity index (χ0n) is 20.4. The molecule has 8 nitrogen and oxygen atoms in total. The van der Waals surface area contributed by atoms with Crippen LogP contribution in [-0.4, -0.2) is 48.4 Å². The number of carbonyl (C=O) groups is 1. The smallest absolute Gasteiger partial charge is 0.263 e. The number of benzene rings is 2. The van der Waals surface area contributed by atoms with E-state index in [0.29, 0.717) is 30.9 Å². The minimum atomic E-state index is -3.51. The first-order valence-corrected chi connectivity index (χ1v) is 13.3. The molecule has 1 aliphatic heterocycles. The number of amidine groups is 1. The highest BCUT2D eigenvalue weighted by atomic mass is 32.2. The molecule has 0 saturated carbocycles. The fourth-order valence-corrected chi connectivity index (χ4v) is 5.50. The highest BCUT2D eigenvalue weighted by Gasteiger charge is 2.29. The molecule has 0 aliphatic carbocycles. The van der Waals surface area contributed by atoms with Crippen molar-refractivity contribution in [3.05, 3.63) is 77.1 Å². The Kier molecular flexibility index (Phi) is 7.35. The molecule has 0 unspecified atom stereocenters. The number of nitrogens with zero attached hydrogens (tertiary/aromatic N) is 4. The fraction of sp³-hybridized carbons (Fsp3) is 0.346. The van der Waals surface area contributed by atoms with Crippen molar-refractivity contribution >= 4 is 21.8 Å². The molecule has 0 radical (unpaired) electrons. The lowest BCUT2D eigenvalue weighted by molar-refractivity contribution is -0.130. The normalized spacial score (nSPS) is 15.1. The van der Waals surface area contributed by atoms with Crippen molar-refractivity contribution in [2.75, 3.05) is 13.6 Å². The van der Waals surface area contributed by atoms with E-state index in [4.69, 9.17) is 0 Å². The number of sulfonamides is 1. The van der Waals surface area contributed by atoms with Crippen molar-refractivity contribution in [3.63, 3.8) is 0 Å². The van der Waals surface area contributed by atoms with E-state index in [1.165, 1.54) is 0 Å². The van der Waals surface area contributed by atoms with Crippen LogP contribution in [0.4, 0.5) is 0 Å². The van der Waals surface area contributed by atoms with Gasteiger partial charge in [0.1, 0.15) is 5.84 Å². The molecular formula is C26H31N5O3S. The average molecular weight is 494 g/mol. The number of rotatable bonds is 9. The molecule has 1 aliphatic rings. The van der Waals surface area contributed by atoms with Crippen LogP contribution in [0.25, 0.3) is 5.69 Å². The van der Waals surface area contributed by atoms with E-state index in [1.807, 2.05) is 55.9 Å². The Hall–Kier alpha value is -3.46. The van der Waals surface area contributed by atoms with Crippen LogP contribution in [0.3, 0.4) is 0 Å². The summed E-state index contributed by atoms with van der Waals surface area (Å²) in [5, 5.41) is 4.67. The molecular weight excluding hydrogens is 462 g/mol. The summed E-state index contributed by atoms with van der Waals surface area (Å²) >= 11 is 0. The molecule has 2 heterocycles. The molecule has 2 aromatic carbocycles. The second kappa shape index (κ2) is 10.4. The monoisotopic (exact) mass is 493 g/mol. The van der Waals surface area contributed by atoms with Crippen molar-refractivity contribution in [2.45, 2.75) is 51.0 Å². The third kappa shape index (κ3) is 5.45. The molecule has 4 rings (SSSR count). The van der Waals surface area contributed by atoms with Gasteiger partial charge in [0.2, 0.25) is 5.91 Å². The summed E-state index contributed by atoms with van der Waals surface area (Å²) < 4.78 is 28.7. The van der Waals surface area contributed by atoms with Gasteiger partial charge in [-0.25, -0.2) is 13.1 Å². The van der Waals surface area contributed by atoms with Gasteiger partial charge in [0, 0.05) is 43.4 Å². The van der Waals surface area contributed by atoms with Crippen LogP contribution in [-0.2, 0) is 21.4 Å². The van der Waals surface area contributed by atoms with Gasteiger partial charge < -0.3 is 4.90 Å². The fourth-order valence-electron chi connectivity index (χ4n) is 4.25. The number of fused-ring (bicyclic) bond motifs is 1. The third-order valence-electron chi connectivity index (χ3n) is 6.24. The van der Waals surface area contributed by atoms with E-state index in [9.17, 15) is 13.2 Å². The lowest BCUT2D eigenvalue weighted by atomic mass is 10.1. The zero-order valence-corrected chi connectivity index (χ0v) is 21.2. The summed E-state index contributed by atoms with van der Waals surface area (Å²) in [6.07, 6.45) is 2.85. The van der Waals surface area contributed by atoms with Crippen LogP contribution < -0.4 is 4.72 Å². The quantitative estimate of drug-likeness (QED) is 0.459. The summed E-state index contributed by atoms with van der Waals surface area (Å²) in [4.78, 5) is 19.2. The summed E-state index contributed by atoms with van der Waals surface area (Å²) in [7, 11) is -1.68. The second-order valence-corrected chi connectivity index (χ2v) is 10.4. The maximum atomic E-state index is 12.7. The lowest BCUT2D eigenvalue weighted by Crippen LogP contribution is -2.26. The molecule has 184 valence electrons. The van der Waals surface area contributed by atoms with E-state index < -0.39 is 10.0 Å².